The van der Waals surface area contributed by atoms with Gasteiger partial charge in [-0.1, -0.05) is 30.3 Å². The van der Waals surface area contributed by atoms with Crippen molar-refractivity contribution in [3.63, 3.8) is 0 Å². The zero-order chi connectivity index (χ0) is 20.0. The van der Waals surface area contributed by atoms with Crippen molar-refractivity contribution in [2.75, 3.05) is 0 Å². The second-order valence-corrected chi connectivity index (χ2v) is 6.98. The van der Waals surface area contributed by atoms with E-state index in [1.165, 1.54) is 4.68 Å². The van der Waals surface area contributed by atoms with Crippen molar-refractivity contribution in [2.45, 2.75) is 20.4 Å². The van der Waals surface area contributed by atoms with Gasteiger partial charge in [-0.15, -0.1) is 0 Å². The Morgan fingerprint density at radius 1 is 1.00 bits per heavy atom. The van der Waals surface area contributed by atoms with E-state index in [1.54, 1.807) is 16.9 Å². The topological polar surface area (TPSA) is 78.0 Å². The number of benzene rings is 1. The van der Waals surface area contributed by atoms with Crippen LogP contribution in [0.1, 0.15) is 17.1 Å². The van der Waals surface area contributed by atoms with Crippen LogP contribution in [0.15, 0.2) is 65.7 Å². The standard InChI is InChI=1S/C22H18N6O/c1-14-20-19-11-18(17-9-6-10-23-12-17)26-28(19)15(2)24-21(20)22(29)27(25-14)13-16-7-4-3-5-8-16/h3-12H,13H2,1-2H3. The lowest BCUT2D eigenvalue weighted by molar-refractivity contribution is 0.635. The molecule has 0 spiro atoms. The fourth-order valence-corrected chi connectivity index (χ4v) is 3.62. The monoisotopic (exact) mass is 382 g/mol. The van der Waals surface area contributed by atoms with Crippen LogP contribution in [0.25, 0.3) is 27.7 Å². The third kappa shape index (κ3) is 2.87. The van der Waals surface area contributed by atoms with Crippen molar-refractivity contribution in [2.24, 2.45) is 0 Å². The van der Waals surface area contributed by atoms with Crippen molar-refractivity contribution in [1.82, 2.24) is 29.4 Å². The predicted octanol–water partition coefficient (Wildman–Crippen LogP) is 3.17. The summed E-state index contributed by atoms with van der Waals surface area (Å²) in [6, 6.07) is 15.6. The maximum absolute atomic E-state index is 13.2. The molecule has 4 aromatic heterocycles. The minimum absolute atomic E-state index is 0.204. The van der Waals surface area contributed by atoms with Crippen molar-refractivity contribution < 1.29 is 0 Å². The van der Waals surface area contributed by atoms with Gasteiger partial charge < -0.3 is 0 Å². The molecule has 142 valence electrons. The molecule has 0 saturated carbocycles. The summed E-state index contributed by atoms with van der Waals surface area (Å²) in [4.78, 5) is 21.9. The van der Waals surface area contributed by atoms with Crippen molar-refractivity contribution in [1.29, 1.82) is 0 Å². The Kier molecular flexibility index (Phi) is 3.94. The van der Waals surface area contributed by atoms with E-state index in [-0.39, 0.29) is 5.56 Å². The maximum atomic E-state index is 13.2. The summed E-state index contributed by atoms with van der Waals surface area (Å²) >= 11 is 0. The van der Waals surface area contributed by atoms with Crippen LogP contribution in [0.4, 0.5) is 0 Å². The maximum Gasteiger partial charge on any atom is 0.293 e. The van der Waals surface area contributed by atoms with Crippen LogP contribution in [-0.4, -0.2) is 29.4 Å². The van der Waals surface area contributed by atoms with Crippen molar-refractivity contribution >= 4 is 16.4 Å². The molecule has 1 aromatic carbocycles. The van der Waals surface area contributed by atoms with E-state index in [0.29, 0.717) is 17.9 Å². The predicted molar refractivity (Wildman–Crippen MR) is 111 cm³/mol. The number of rotatable bonds is 3. The first-order valence-corrected chi connectivity index (χ1v) is 9.34. The normalized spacial score (nSPS) is 11.4. The Balaban J connectivity index is 1.75. The molecule has 5 aromatic rings. The molecule has 0 radical (unpaired) electrons. The third-order valence-corrected chi connectivity index (χ3v) is 4.98. The molecule has 0 amide bonds. The Hall–Kier alpha value is -3.87. The lowest BCUT2D eigenvalue weighted by Crippen LogP contribution is -2.26. The summed E-state index contributed by atoms with van der Waals surface area (Å²) in [5, 5.41) is 9.97. The van der Waals surface area contributed by atoms with Gasteiger partial charge in [0.15, 0.2) is 0 Å². The molecule has 0 aliphatic heterocycles. The highest BCUT2D eigenvalue weighted by atomic mass is 16.1. The molecule has 5 rings (SSSR count). The average Bonchev–Trinajstić information content (AvgIpc) is 3.19. The zero-order valence-electron chi connectivity index (χ0n) is 16.1. The molecule has 0 saturated heterocycles. The first kappa shape index (κ1) is 17.2. The quantitative estimate of drug-likeness (QED) is 0.479. The SMILES string of the molecule is Cc1nn(Cc2ccccc2)c(=O)c2nc(C)n3nc(-c4cccnc4)cc3c12. The van der Waals surface area contributed by atoms with E-state index >= 15 is 0 Å². The average molecular weight is 382 g/mol. The molecule has 0 atom stereocenters. The number of pyridine rings is 1. The van der Waals surface area contributed by atoms with E-state index < -0.39 is 0 Å². The zero-order valence-corrected chi connectivity index (χ0v) is 16.1. The molecule has 29 heavy (non-hydrogen) atoms. The van der Waals surface area contributed by atoms with E-state index in [4.69, 9.17) is 0 Å². The summed E-state index contributed by atoms with van der Waals surface area (Å²) in [5.41, 5.74) is 4.48. The molecule has 0 bridgehead atoms. The van der Waals surface area contributed by atoms with Gasteiger partial charge in [0.1, 0.15) is 11.3 Å². The molecule has 7 heteroatoms. The van der Waals surface area contributed by atoms with Crippen LogP contribution in [0.2, 0.25) is 0 Å². The number of nitrogens with zero attached hydrogens (tertiary/aromatic N) is 6. The largest absolute Gasteiger partial charge is 0.293 e. The molecule has 4 heterocycles. The first-order valence-electron chi connectivity index (χ1n) is 9.34. The number of hydrogen-bond donors (Lipinski definition) is 0. The summed E-state index contributed by atoms with van der Waals surface area (Å²) in [6.07, 6.45) is 3.50. The van der Waals surface area contributed by atoms with E-state index in [2.05, 4.69) is 20.2 Å². The van der Waals surface area contributed by atoms with Crippen LogP contribution in [-0.2, 0) is 6.54 Å². The molecule has 0 aliphatic carbocycles. The summed E-state index contributed by atoms with van der Waals surface area (Å²) in [6.45, 7) is 4.16. The smallest absolute Gasteiger partial charge is 0.265 e. The lowest BCUT2D eigenvalue weighted by atomic mass is 10.1. The van der Waals surface area contributed by atoms with Crippen LogP contribution >= 0.6 is 0 Å². The highest BCUT2D eigenvalue weighted by Gasteiger charge is 2.17. The van der Waals surface area contributed by atoms with E-state index in [0.717, 1.165) is 33.4 Å². The summed E-state index contributed by atoms with van der Waals surface area (Å²) < 4.78 is 3.24. The summed E-state index contributed by atoms with van der Waals surface area (Å²) in [7, 11) is 0. The van der Waals surface area contributed by atoms with Crippen LogP contribution < -0.4 is 5.56 Å². The number of aryl methyl sites for hydroxylation is 2. The van der Waals surface area contributed by atoms with E-state index in [9.17, 15) is 4.79 Å². The lowest BCUT2D eigenvalue weighted by Gasteiger charge is -2.10. The van der Waals surface area contributed by atoms with Gasteiger partial charge in [-0.2, -0.15) is 10.2 Å². The van der Waals surface area contributed by atoms with Gasteiger partial charge in [0, 0.05) is 18.0 Å². The Labute approximate surface area is 166 Å². The minimum atomic E-state index is -0.204. The van der Waals surface area contributed by atoms with Crippen molar-refractivity contribution in [3.8, 4) is 11.3 Å². The molecular weight excluding hydrogens is 364 g/mol. The Morgan fingerprint density at radius 2 is 1.83 bits per heavy atom. The molecule has 0 unspecified atom stereocenters. The second-order valence-electron chi connectivity index (χ2n) is 6.98. The second kappa shape index (κ2) is 6.63. The fourth-order valence-electron chi connectivity index (χ4n) is 3.62. The molecular formula is C22H18N6O. The molecule has 0 N–H and O–H groups in total. The van der Waals surface area contributed by atoms with Gasteiger partial charge in [0.05, 0.1) is 28.8 Å². The van der Waals surface area contributed by atoms with Gasteiger partial charge in [-0.25, -0.2) is 14.2 Å². The van der Waals surface area contributed by atoms with Crippen LogP contribution in [0.3, 0.4) is 0 Å². The highest BCUT2D eigenvalue weighted by Crippen LogP contribution is 2.25. The molecule has 7 nitrogen and oxygen atoms in total. The summed E-state index contributed by atoms with van der Waals surface area (Å²) in [5.74, 6) is 0.650. The van der Waals surface area contributed by atoms with Crippen LogP contribution in [0.5, 0.6) is 0 Å². The number of hydrogen-bond acceptors (Lipinski definition) is 5. The van der Waals surface area contributed by atoms with Gasteiger partial charge in [-0.3, -0.25) is 9.78 Å². The molecule has 0 aliphatic rings. The number of fused-ring (bicyclic) bond motifs is 3. The number of aromatic nitrogens is 6. The minimum Gasteiger partial charge on any atom is -0.265 e. The first-order chi connectivity index (χ1) is 14.1. The van der Waals surface area contributed by atoms with E-state index in [1.807, 2.05) is 62.4 Å². The Morgan fingerprint density at radius 3 is 2.59 bits per heavy atom. The Bertz CT molecular complexity index is 1400. The third-order valence-electron chi connectivity index (χ3n) is 4.98. The van der Waals surface area contributed by atoms with Crippen molar-refractivity contribution in [3.05, 3.63) is 88.4 Å². The molecule has 0 fully saturated rings. The van der Waals surface area contributed by atoms with Gasteiger partial charge in [0.2, 0.25) is 0 Å². The fraction of sp³-hybridized carbons (Fsp3) is 0.136. The highest BCUT2D eigenvalue weighted by molar-refractivity contribution is 5.96. The van der Waals surface area contributed by atoms with Gasteiger partial charge in [0.25, 0.3) is 5.56 Å². The van der Waals surface area contributed by atoms with Gasteiger partial charge >= 0.3 is 0 Å². The van der Waals surface area contributed by atoms with Crippen LogP contribution in [0, 0.1) is 13.8 Å². The van der Waals surface area contributed by atoms with Gasteiger partial charge in [-0.05, 0) is 37.6 Å².